The van der Waals surface area contributed by atoms with Gasteiger partial charge in [-0.15, -0.1) is 0 Å². The van der Waals surface area contributed by atoms with Crippen molar-refractivity contribution in [3.05, 3.63) is 18.3 Å². The Morgan fingerprint density at radius 1 is 1.32 bits per heavy atom. The van der Waals surface area contributed by atoms with Gasteiger partial charge in [-0.3, -0.25) is 0 Å². The van der Waals surface area contributed by atoms with E-state index in [1.54, 1.807) is 0 Å². The molecule has 5 nitrogen and oxygen atoms in total. The van der Waals surface area contributed by atoms with Crippen molar-refractivity contribution in [1.82, 2.24) is 9.71 Å². The molecule has 1 aliphatic carbocycles. The summed E-state index contributed by atoms with van der Waals surface area (Å²) in [5.74, 6) is 0.591. The largest absolute Gasteiger partial charge is 0.384 e. The minimum atomic E-state index is -3.50. The fourth-order valence-corrected chi connectivity index (χ4v) is 3.93. The van der Waals surface area contributed by atoms with Crippen molar-refractivity contribution in [3.63, 3.8) is 0 Å². The molecule has 1 aliphatic rings. The number of nitrogens with two attached hydrogens (primary N) is 1. The first-order valence-corrected chi connectivity index (χ1v) is 8.21. The average molecular weight is 283 g/mol. The average Bonchev–Trinajstić information content (AvgIpc) is 2.55. The molecule has 2 rings (SSSR count). The summed E-state index contributed by atoms with van der Waals surface area (Å²) in [5, 5.41) is 0. The molecular formula is C13H21N3O2S. The van der Waals surface area contributed by atoms with Crippen molar-refractivity contribution in [2.45, 2.75) is 50.0 Å². The lowest BCUT2D eigenvalue weighted by Gasteiger charge is -2.22. The normalized spacial score (nSPS) is 24.9. The summed E-state index contributed by atoms with van der Waals surface area (Å²) in [6.45, 7) is 2.11. The van der Waals surface area contributed by atoms with E-state index < -0.39 is 10.0 Å². The fraction of sp³-hybridized carbons (Fsp3) is 0.615. The Labute approximate surface area is 114 Å². The van der Waals surface area contributed by atoms with Crippen LogP contribution in [0.1, 0.15) is 39.0 Å². The Morgan fingerprint density at radius 2 is 2.05 bits per heavy atom. The van der Waals surface area contributed by atoms with Crippen LogP contribution < -0.4 is 10.5 Å². The molecule has 1 fully saturated rings. The van der Waals surface area contributed by atoms with Crippen LogP contribution in [0, 0.1) is 5.92 Å². The van der Waals surface area contributed by atoms with E-state index in [-0.39, 0.29) is 16.8 Å². The van der Waals surface area contributed by atoms with Crippen LogP contribution in [0.5, 0.6) is 0 Å². The quantitative estimate of drug-likeness (QED) is 0.830. The standard InChI is InChI=1S/C13H21N3O2S/c1-10-5-3-2-4-6-12(10)16-19(17,18)11-7-8-15-13(14)9-11/h7-10,12,16H,2-6H2,1H3,(H2,14,15). The molecule has 1 saturated carbocycles. The van der Waals surface area contributed by atoms with Crippen LogP contribution in [-0.4, -0.2) is 19.4 Å². The Balaban J connectivity index is 2.16. The monoisotopic (exact) mass is 283 g/mol. The molecule has 3 N–H and O–H groups in total. The van der Waals surface area contributed by atoms with Gasteiger partial charge < -0.3 is 5.73 Å². The van der Waals surface area contributed by atoms with E-state index in [1.807, 2.05) is 0 Å². The molecule has 0 aliphatic heterocycles. The van der Waals surface area contributed by atoms with Crippen molar-refractivity contribution in [2.24, 2.45) is 5.92 Å². The number of nitrogen functional groups attached to an aromatic ring is 1. The number of hydrogen-bond acceptors (Lipinski definition) is 4. The highest BCUT2D eigenvalue weighted by Crippen LogP contribution is 2.24. The minimum absolute atomic E-state index is 0.0156. The zero-order valence-electron chi connectivity index (χ0n) is 11.2. The smallest absolute Gasteiger partial charge is 0.241 e. The van der Waals surface area contributed by atoms with Crippen molar-refractivity contribution in [2.75, 3.05) is 5.73 Å². The van der Waals surface area contributed by atoms with Crippen LogP contribution in [-0.2, 0) is 10.0 Å². The molecule has 6 heteroatoms. The van der Waals surface area contributed by atoms with E-state index >= 15 is 0 Å². The molecule has 19 heavy (non-hydrogen) atoms. The summed E-state index contributed by atoms with van der Waals surface area (Å²) in [5.41, 5.74) is 5.54. The summed E-state index contributed by atoms with van der Waals surface area (Å²) in [7, 11) is -3.50. The number of sulfonamides is 1. The first-order chi connectivity index (χ1) is 8.99. The summed E-state index contributed by atoms with van der Waals surface area (Å²) in [6, 6.07) is 2.88. The SMILES string of the molecule is CC1CCCCCC1NS(=O)(=O)c1ccnc(N)c1. The topological polar surface area (TPSA) is 85.1 Å². The van der Waals surface area contributed by atoms with Crippen LogP contribution in [0.15, 0.2) is 23.2 Å². The fourth-order valence-electron chi connectivity index (χ4n) is 2.53. The lowest BCUT2D eigenvalue weighted by Crippen LogP contribution is -2.38. The molecule has 2 unspecified atom stereocenters. The highest BCUT2D eigenvalue weighted by Gasteiger charge is 2.25. The zero-order chi connectivity index (χ0) is 13.9. The van der Waals surface area contributed by atoms with E-state index in [1.165, 1.54) is 31.2 Å². The van der Waals surface area contributed by atoms with Crippen molar-refractivity contribution in [3.8, 4) is 0 Å². The van der Waals surface area contributed by atoms with Crippen molar-refractivity contribution in [1.29, 1.82) is 0 Å². The maximum atomic E-state index is 12.3. The molecule has 0 radical (unpaired) electrons. The third kappa shape index (κ3) is 3.67. The predicted octanol–water partition coefficient (Wildman–Crippen LogP) is 1.91. The number of hydrogen-bond donors (Lipinski definition) is 2. The van der Waals surface area contributed by atoms with Crippen LogP contribution >= 0.6 is 0 Å². The Morgan fingerprint density at radius 3 is 2.79 bits per heavy atom. The second-order valence-corrected chi connectivity index (χ2v) is 6.97. The number of rotatable bonds is 3. The third-order valence-electron chi connectivity index (χ3n) is 3.73. The van der Waals surface area contributed by atoms with Gasteiger partial charge in [0.05, 0.1) is 4.90 Å². The van der Waals surface area contributed by atoms with E-state index in [0.29, 0.717) is 5.92 Å². The minimum Gasteiger partial charge on any atom is -0.384 e. The molecular weight excluding hydrogens is 262 g/mol. The Kier molecular flexibility index (Phi) is 4.42. The first kappa shape index (κ1) is 14.3. The Bertz CT molecular complexity index is 530. The van der Waals surface area contributed by atoms with E-state index in [0.717, 1.165) is 19.3 Å². The van der Waals surface area contributed by atoms with E-state index in [4.69, 9.17) is 5.73 Å². The highest BCUT2D eigenvalue weighted by atomic mass is 32.2. The molecule has 1 aromatic heterocycles. The number of nitrogens with zero attached hydrogens (tertiary/aromatic N) is 1. The number of pyridine rings is 1. The van der Waals surface area contributed by atoms with Crippen molar-refractivity contribution >= 4 is 15.8 Å². The predicted molar refractivity (Wildman–Crippen MR) is 75.0 cm³/mol. The number of anilines is 1. The summed E-state index contributed by atoms with van der Waals surface area (Å²) >= 11 is 0. The molecule has 0 aromatic carbocycles. The van der Waals surface area contributed by atoms with Gasteiger partial charge in [-0.1, -0.05) is 26.2 Å². The molecule has 0 bridgehead atoms. The van der Waals surface area contributed by atoms with Gasteiger partial charge in [0, 0.05) is 18.3 Å². The van der Waals surface area contributed by atoms with Gasteiger partial charge in [0.1, 0.15) is 5.82 Å². The van der Waals surface area contributed by atoms with Crippen LogP contribution in [0.25, 0.3) is 0 Å². The zero-order valence-corrected chi connectivity index (χ0v) is 12.0. The number of nitrogens with one attached hydrogen (secondary N) is 1. The van der Waals surface area contributed by atoms with E-state index in [9.17, 15) is 8.42 Å². The van der Waals surface area contributed by atoms with Crippen LogP contribution in [0.3, 0.4) is 0 Å². The maximum Gasteiger partial charge on any atom is 0.241 e. The van der Waals surface area contributed by atoms with Gasteiger partial charge in [0.15, 0.2) is 0 Å². The van der Waals surface area contributed by atoms with Gasteiger partial charge in [0.2, 0.25) is 10.0 Å². The number of aromatic nitrogens is 1. The highest BCUT2D eigenvalue weighted by molar-refractivity contribution is 7.89. The molecule has 106 valence electrons. The summed E-state index contributed by atoms with van der Waals surface area (Å²) in [6.07, 6.45) is 6.84. The lowest BCUT2D eigenvalue weighted by molar-refractivity contribution is 0.399. The van der Waals surface area contributed by atoms with Gasteiger partial charge in [-0.25, -0.2) is 18.1 Å². The van der Waals surface area contributed by atoms with Crippen LogP contribution in [0.4, 0.5) is 5.82 Å². The summed E-state index contributed by atoms with van der Waals surface area (Å²) in [4.78, 5) is 4.01. The van der Waals surface area contributed by atoms with Gasteiger partial charge in [-0.2, -0.15) is 0 Å². The Hall–Kier alpha value is -1.14. The summed E-state index contributed by atoms with van der Waals surface area (Å²) < 4.78 is 27.4. The molecule has 0 amide bonds. The van der Waals surface area contributed by atoms with Crippen molar-refractivity contribution < 1.29 is 8.42 Å². The second-order valence-electron chi connectivity index (χ2n) is 5.26. The van der Waals surface area contributed by atoms with Gasteiger partial charge in [-0.05, 0) is 24.8 Å². The second kappa shape index (κ2) is 5.88. The van der Waals surface area contributed by atoms with Gasteiger partial charge >= 0.3 is 0 Å². The maximum absolute atomic E-state index is 12.3. The van der Waals surface area contributed by atoms with Gasteiger partial charge in [0.25, 0.3) is 0 Å². The first-order valence-electron chi connectivity index (χ1n) is 6.73. The molecule has 1 heterocycles. The third-order valence-corrected chi connectivity index (χ3v) is 5.22. The lowest BCUT2D eigenvalue weighted by atomic mass is 9.98. The molecule has 1 aromatic rings. The van der Waals surface area contributed by atoms with Crippen LogP contribution in [0.2, 0.25) is 0 Å². The molecule has 0 spiro atoms. The molecule has 2 atom stereocenters. The molecule has 0 saturated heterocycles. The van der Waals surface area contributed by atoms with E-state index in [2.05, 4.69) is 16.6 Å².